The Kier molecular flexibility index (Phi) is 4.91. The SMILES string of the molecule is O=C(Nc1ccc2c(c1)C(=O)NC2)c1cccc(S(=O)(=O)NC2CCCC2)c1. The highest BCUT2D eigenvalue weighted by molar-refractivity contribution is 7.89. The van der Waals surface area contributed by atoms with Crippen molar-refractivity contribution in [3.63, 3.8) is 0 Å². The maximum absolute atomic E-state index is 12.6. The van der Waals surface area contributed by atoms with Crippen LogP contribution in [0.4, 0.5) is 5.69 Å². The van der Waals surface area contributed by atoms with Crippen LogP contribution < -0.4 is 15.4 Å². The molecule has 0 bridgehead atoms. The number of nitrogens with one attached hydrogen (secondary N) is 3. The van der Waals surface area contributed by atoms with Gasteiger partial charge in [0.1, 0.15) is 0 Å². The van der Waals surface area contributed by atoms with Gasteiger partial charge >= 0.3 is 0 Å². The molecule has 7 nitrogen and oxygen atoms in total. The maximum Gasteiger partial charge on any atom is 0.255 e. The zero-order valence-corrected chi connectivity index (χ0v) is 16.0. The van der Waals surface area contributed by atoms with Crippen LogP contribution in [-0.2, 0) is 16.6 Å². The summed E-state index contributed by atoms with van der Waals surface area (Å²) < 4.78 is 27.9. The molecule has 0 aromatic heterocycles. The summed E-state index contributed by atoms with van der Waals surface area (Å²) in [5, 5.41) is 5.45. The average Bonchev–Trinajstić information content (AvgIpc) is 3.31. The van der Waals surface area contributed by atoms with E-state index in [0.29, 0.717) is 17.8 Å². The van der Waals surface area contributed by atoms with Gasteiger partial charge in [0.15, 0.2) is 0 Å². The molecule has 1 aliphatic heterocycles. The van der Waals surface area contributed by atoms with E-state index >= 15 is 0 Å². The molecule has 8 heteroatoms. The van der Waals surface area contributed by atoms with Crippen LogP contribution in [0.15, 0.2) is 47.4 Å². The number of hydrogen-bond acceptors (Lipinski definition) is 4. The van der Waals surface area contributed by atoms with Gasteiger partial charge in [-0.05, 0) is 48.7 Å². The number of amides is 2. The molecule has 1 saturated carbocycles. The monoisotopic (exact) mass is 399 g/mol. The Hall–Kier alpha value is -2.71. The van der Waals surface area contributed by atoms with Gasteiger partial charge in [-0.2, -0.15) is 0 Å². The lowest BCUT2D eigenvalue weighted by Gasteiger charge is -2.13. The summed E-state index contributed by atoms with van der Waals surface area (Å²) >= 11 is 0. The molecule has 3 N–H and O–H groups in total. The fourth-order valence-electron chi connectivity index (χ4n) is 3.63. The number of benzene rings is 2. The van der Waals surface area contributed by atoms with E-state index in [1.807, 2.05) is 0 Å². The predicted octanol–water partition coefficient (Wildman–Crippen LogP) is 2.40. The van der Waals surface area contributed by atoms with Crippen molar-refractivity contribution < 1.29 is 18.0 Å². The zero-order chi connectivity index (χ0) is 19.7. The minimum atomic E-state index is -3.67. The molecule has 0 atom stereocenters. The first-order chi connectivity index (χ1) is 13.4. The molecule has 4 rings (SSSR count). The van der Waals surface area contributed by atoms with Gasteiger partial charge in [-0.15, -0.1) is 0 Å². The van der Waals surface area contributed by atoms with Gasteiger partial charge in [0.25, 0.3) is 11.8 Å². The van der Waals surface area contributed by atoms with E-state index < -0.39 is 15.9 Å². The third-order valence-electron chi connectivity index (χ3n) is 5.14. The van der Waals surface area contributed by atoms with Crippen molar-refractivity contribution in [2.45, 2.75) is 43.2 Å². The minimum absolute atomic E-state index is 0.0416. The molecule has 146 valence electrons. The highest BCUT2D eigenvalue weighted by atomic mass is 32.2. The van der Waals surface area contributed by atoms with Crippen LogP contribution in [0.2, 0.25) is 0 Å². The Balaban J connectivity index is 1.52. The van der Waals surface area contributed by atoms with Crippen molar-refractivity contribution in [1.82, 2.24) is 10.0 Å². The second kappa shape index (κ2) is 7.37. The van der Waals surface area contributed by atoms with E-state index in [0.717, 1.165) is 31.2 Å². The van der Waals surface area contributed by atoms with E-state index in [4.69, 9.17) is 0 Å². The van der Waals surface area contributed by atoms with Crippen molar-refractivity contribution in [3.8, 4) is 0 Å². The lowest BCUT2D eigenvalue weighted by molar-refractivity contribution is 0.0964. The van der Waals surface area contributed by atoms with Crippen molar-refractivity contribution in [1.29, 1.82) is 0 Å². The fourth-order valence-corrected chi connectivity index (χ4v) is 4.98. The number of hydrogen-bond donors (Lipinski definition) is 3. The summed E-state index contributed by atoms with van der Waals surface area (Å²) in [5.74, 6) is -0.603. The summed E-state index contributed by atoms with van der Waals surface area (Å²) in [6, 6.07) is 11.0. The van der Waals surface area contributed by atoms with E-state index in [-0.39, 0.29) is 22.4 Å². The highest BCUT2D eigenvalue weighted by Crippen LogP contribution is 2.22. The van der Waals surface area contributed by atoms with Crippen molar-refractivity contribution in [3.05, 3.63) is 59.2 Å². The molecule has 1 aliphatic carbocycles. The van der Waals surface area contributed by atoms with Crippen LogP contribution in [0.3, 0.4) is 0 Å². The Labute approximate surface area is 163 Å². The topological polar surface area (TPSA) is 104 Å². The second-order valence-electron chi connectivity index (χ2n) is 7.14. The highest BCUT2D eigenvalue weighted by Gasteiger charge is 2.24. The molecule has 2 aliphatic rings. The molecule has 0 unspecified atom stereocenters. The number of anilines is 1. The number of carbonyl (C=O) groups excluding carboxylic acids is 2. The third-order valence-corrected chi connectivity index (χ3v) is 6.65. The van der Waals surface area contributed by atoms with Crippen LogP contribution in [0, 0.1) is 0 Å². The number of sulfonamides is 1. The van der Waals surface area contributed by atoms with Crippen molar-refractivity contribution in [2.75, 3.05) is 5.32 Å². The Morgan fingerprint density at radius 1 is 1.07 bits per heavy atom. The first-order valence-electron chi connectivity index (χ1n) is 9.27. The zero-order valence-electron chi connectivity index (χ0n) is 15.2. The smallest absolute Gasteiger partial charge is 0.255 e. The largest absolute Gasteiger partial charge is 0.348 e. The molecule has 0 saturated heterocycles. The second-order valence-corrected chi connectivity index (χ2v) is 8.85. The quantitative estimate of drug-likeness (QED) is 0.718. The Morgan fingerprint density at radius 2 is 1.86 bits per heavy atom. The molecule has 1 fully saturated rings. The summed E-state index contributed by atoms with van der Waals surface area (Å²) in [5.41, 5.74) is 2.14. The summed E-state index contributed by atoms with van der Waals surface area (Å²) in [6.45, 7) is 0.482. The molecule has 2 aromatic carbocycles. The summed E-state index contributed by atoms with van der Waals surface area (Å²) in [6.07, 6.45) is 3.72. The van der Waals surface area contributed by atoms with Crippen LogP contribution in [0.25, 0.3) is 0 Å². The molecule has 2 aromatic rings. The van der Waals surface area contributed by atoms with Crippen LogP contribution in [0.5, 0.6) is 0 Å². The van der Waals surface area contributed by atoms with E-state index in [1.54, 1.807) is 30.3 Å². The minimum Gasteiger partial charge on any atom is -0.348 e. The Morgan fingerprint density at radius 3 is 2.64 bits per heavy atom. The van der Waals surface area contributed by atoms with Gasteiger partial charge in [0.2, 0.25) is 10.0 Å². The number of carbonyl (C=O) groups is 2. The lowest BCUT2D eigenvalue weighted by atomic mass is 10.1. The molecule has 28 heavy (non-hydrogen) atoms. The number of rotatable bonds is 5. The van der Waals surface area contributed by atoms with Gasteiger partial charge in [-0.1, -0.05) is 25.0 Å². The summed E-state index contributed by atoms with van der Waals surface area (Å²) in [4.78, 5) is 24.4. The first-order valence-corrected chi connectivity index (χ1v) is 10.8. The molecule has 2 amide bonds. The van der Waals surface area contributed by atoms with Gasteiger partial charge in [0.05, 0.1) is 4.90 Å². The lowest BCUT2D eigenvalue weighted by Crippen LogP contribution is -2.32. The molecular formula is C20H21N3O4S. The van der Waals surface area contributed by atoms with Crippen molar-refractivity contribution >= 4 is 27.5 Å². The third kappa shape index (κ3) is 3.79. The Bertz CT molecular complexity index is 1040. The number of fused-ring (bicyclic) bond motifs is 1. The first kappa shape index (κ1) is 18.6. The van der Waals surface area contributed by atoms with Crippen molar-refractivity contribution in [2.24, 2.45) is 0 Å². The van der Waals surface area contributed by atoms with E-state index in [1.165, 1.54) is 12.1 Å². The average molecular weight is 399 g/mol. The molecule has 1 heterocycles. The molecule has 0 radical (unpaired) electrons. The van der Waals surface area contributed by atoms with E-state index in [2.05, 4.69) is 15.4 Å². The van der Waals surface area contributed by atoms with Crippen LogP contribution in [0.1, 0.15) is 52.0 Å². The maximum atomic E-state index is 12.6. The molecular weight excluding hydrogens is 378 g/mol. The molecule has 0 spiro atoms. The summed E-state index contributed by atoms with van der Waals surface area (Å²) in [7, 11) is -3.67. The van der Waals surface area contributed by atoms with Gasteiger partial charge in [-0.25, -0.2) is 13.1 Å². The predicted molar refractivity (Wildman–Crippen MR) is 105 cm³/mol. The van der Waals surface area contributed by atoms with Crippen LogP contribution >= 0.6 is 0 Å². The van der Waals surface area contributed by atoms with Gasteiger partial charge in [-0.3, -0.25) is 9.59 Å². The standard InChI is InChI=1S/C20H21N3O4S/c24-19(22-16-9-8-14-12-21-20(25)18(14)11-16)13-4-3-7-17(10-13)28(26,27)23-15-5-1-2-6-15/h3-4,7-11,15,23H,1-2,5-6,12H2,(H,21,25)(H,22,24). The van der Waals surface area contributed by atoms with Gasteiger partial charge in [0, 0.05) is 29.4 Å². The normalized spacial score (nSPS) is 16.6. The van der Waals surface area contributed by atoms with Crippen LogP contribution in [-0.4, -0.2) is 26.3 Å². The fraction of sp³-hybridized carbons (Fsp3) is 0.300. The van der Waals surface area contributed by atoms with Gasteiger partial charge < -0.3 is 10.6 Å². The van der Waals surface area contributed by atoms with E-state index in [9.17, 15) is 18.0 Å².